The van der Waals surface area contributed by atoms with E-state index in [1.54, 1.807) is 26.0 Å². The zero-order valence-corrected chi connectivity index (χ0v) is 15.7. The Morgan fingerprint density at radius 3 is 2.58 bits per heavy atom. The number of aliphatic hydroxyl groups is 1. The van der Waals surface area contributed by atoms with E-state index in [1.165, 1.54) is 0 Å². The quantitative estimate of drug-likeness (QED) is 0.633. The van der Waals surface area contributed by atoms with Crippen LogP contribution in [0, 0.1) is 17.3 Å². The minimum absolute atomic E-state index is 0.0143. The molecule has 4 nitrogen and oxygen atoms in total. The second-order valence-electron chi connectivity index (χ2n) is 8.02. The first-order valence-corrected chi connectivity index (χ1v) is 8.84. The number of esters is 1. The Morgan fingerprint density at radius 2 is 2.04 bits per heavy atom. The number of ketones is 1. The monoisotopic (exact) mass is 334 g/mol. The normalized spacial score (nSPS) is 37.1. The van der Waals surface area contributed by atoms with Gasteiger partial charge in [-0.25, -0.2) is 4.79 Å². The van der Waals surface area contributed by atoms with Crippen LogP contribution < -0.4 is 0 Å². The maximum atomic E-state index is 12.8. The summed E-state index contributed by atoms with van der Waals surface area (Å²) in [5.41, 5.74) is -0.249. The lowest BCUT2D eigenvalue weighted by molar-refractivity contribution is -0.164. The van der Waals surface area contributed by atoms with Crippen LogP contribution in [0.5, 0.6) is 0 Å². The third-order valence-corrected chi connectivity index (χ3v) is 6.12. The van der Waals surface area contributed by atoms with E-state index >= 15 is 0 Å². The van der Waals surface area contributed by atoms with Gasteiger partial charge in [0.2, 0.25) is 0 Å². The molecule has 1 saturated carbocycles. The predicted octanol–water partition coefficient (Wildman–Crippen LogP) is 3.59. The van der Waals surface area contributed by atoms with Gasteiger partial charge in [-0.15, -0.1) is 0 Å². The van der Waals surface area contributed by atoms with E-state index in [4.69, 9.17) is 4.74 Å². The van der Waals surface area contributed by atoms with Crippen LogP contribution in [0.25, 0.3) is 0 Å². The fourth-order valence-corrected chi connectivity index (χ4v) is 4.32. The molecule has 2 aliphatic carbocycles. The molecule has 2 aliphatic rings. The molecule has 1 fully saturated rings. The lowest BCUT2D eigenvalue weighted by Gasteiger charge is -2.42. The Labute approximate surface area is 145 Å². The SMILES string of the molecule is C/C=C(/C)C(=O)O[C@H]1CC(C)=CC(=O)[C@@]2(C)CC[C@@](O)(C(C)C)[C@H]12. The summed E-state index contributed by atoms with van der Waals surface area (Å²) >= 11 is 0. The summed E-state index contributed by atoms with van der Waals surface area (Å²) in [6.45, 7) is 11.3. The van der Waals surface area contributed by atoms with Crippen molar-refractivity contribution in [2.45, 2.75) is 72.5 Å². The topological polar surface area (TPSA) is 63.6 Å². The Hall–Kier alpha value is -1.42. The molecule has 1 N–H and O–H groups in total. The molecule has 0 heterocycles. The van der Waals surface area contributed by atoms with Gasteiger partial charge in [-0.2, -0.15) is 0 Å². The average molecular weight is 334 g/mol. The highest BCUT2D eigenvalue weighted by atomic mass is 16.5. The van der Waals surface area contributed by atoms with Crippen molar-refractivity contribution in [1.29, 1.82) is 0 Å². The highest BCUT2D eigenvalue weighted by Gasteiger charge is 2.62. The second kappa shape index (κ2) is 6.47. The lowest BCUT2D eigenvalue weighted by atomic mass is 9.67. The van der Waals surface area contributed by atoms with Crippen molar-refractivity contribution in [2.75, 3.05) is 0 Å². The number of rotatable bonds is 3. The maximum absolute atomic E-state index is 12.8. The summed E-state index contributed by atoms with van der Waals surface area (Å²) in [4.78, 5) is 25.2. The van der Waals surface area contributed by atoms with Crippen LogP contribution in [0.15, 0.2) is 23.3 Å². The first-order valence-electron chi connectivity index (χ1n) is 8.84. The van der Waals surface area contributed by atoms with Gasteiger partial charge in [-0.1, -0.05) is 32.4 Å². The Kier molecular flexibility index (Phi) is 5.10. The van der Waals surface area contributed by atoms with Crippen molar-refractivity contribution in [3.63, 3.8) is 0 Å². The fourth-order valence-electron chi connectivity index (χ4n) is 4.32. The van der Waals surface area contributed by atoms with Gasteiger partial charge >= 0.3 is 5.97 Å². The third kappa shape index (κ3) is 2.97. The van der Waals surface area contributed by atoms with Crippen molar-refractivity contribution in [2.24, 2.45) is 17.3 Å². The van der Waals surface area contributed by atoms with Gasteiger partial charge in [0, 0.05) is 23.3 Å². The molecule has 134 valence electrons. The largest absolute Gasteiger partial charge is 0.458 e. The molecule has 24 heavy (non-hydrogen) atoms. The molecule has 0 aromatic heterocycles. The number of ether oxygens (including phenoxy) is 1. The summed E-state index contributed by atoms with van der Waals surface area (Å²) < 4.78 is 5.81. The van der Waals surface area contributed by atoms with Gasteiger partial charge < -0.3 is 9.84 Å². The fraction of sp³-hybridized carbons (Fsp3) is 0.700. The van der Waals surface area contributed by atoms with E-state index in [1.807, 2.05) is 27.7 Å². The zero-order valence-electron chi connectivity index (χ0n) is 15.7. The zero-order chi connectivity index (χ0) is 18.3. The van der Waals surface area contributed by atoms with Crippen molar-refractivity contribution in [1.82, 2.24) is 0 Å². The molecule has 0 amide bonds. The van der Waals surface area contributed by atoms with Gasteiger partial charge in [0.05, 0.1) is 5.60 Å². The Balaban J connectivity index is 2.48. The number of hydrogen-bond donors (Lipinski definition) is 1. The molecule has 0 bridgehead atoms. The Morgan fingerprint density at radius 1 is 1.42 bits per heavy atom. The molecule has 0 aromatic carbocycles. The van der Waals surface area contributed by atoms with Crippen molar-refractivity contribution in [3.8, 4) is 0 Å². The van der Waals surface area contributed by atoms with Crippen LogP contribution in [0.1, 0.15) is 60.8 Å². The number of allylic oxidation sites excluding steroid dienone is 2. The van der Waals surface area contributed by atoms with E-state index in [9.17, 15) is 14.7 Å². The van der Waals surface area contributed by atoms with Crippen molar-refractivity contribution < 1.29 is 19.4 Å². The molecule has 4 heteroatoms. The van der Waals surface area contributed by atoms with Gasteiger partial charge in [0.1, 0.15) is 6.10 Å². The first-order chi connectivity index (χ1) is 11.1. The van der Waals surface area contributed by atoms with Gasteiger partial charge in [-0.3, -0.25) is 4.79 Å². The van der Waals surface area contributed by atoms with Crippen LogP contribution in [0.2, 0.25) is 0 Å². The molecule has 4 atom stereocenters. The van der Waals surface area contributed by atoms with E-state index in [2.05, 4.69) is 0 Å². The number of carbonyl (C=O) groups excluding carboxylic acids is 2. The standard InChI is InChI=1S/C20H30O4/c1-7-14(5)18(22)24-15-10-13(4)11-16(21)19(6)8-9-20(23,12(2)3)17(15)19/h7,11-12,15,17,23H,8-10H2,1-6H3/b14-7-/t15-,17+,19+,20+/m0/s1. The van der Waals surface area contributed by atoms with Crippen LogP contribution in [0.4, 0.5) is 0 Å². The molecule has 0 saturated heterocycles. The minimum atomic E-state index is -1.00. The maximum Gasteiger partial charge on any atom is 0.333 e. The summed E-state index contributed by atoms with van der Waals surface area (Å²) in [5.74, 6) is -0.729. The lowest BCUT2D eigenvalue weighted by Crippen LogP contribution is -2.52. The Bertz CT molecular complexity index is 601. The molecule has 0 aromatic rings. The van der Waals surface area contributed by atoms with Crippen LogP contribution in [-0.4, -0.2) is 28.6 Å². The van der Waals surface area contributed by atoms with E-state index in [-0.39, 0.29) is 23.6 Å². The summed E-state index contributed by atoms with van der Waals surface area (Å²) in [7, 11) is 0. The molecule has 2 rings (SSSR count). The summed E-state index contributed by atoms with van der Waals surface area (Å²) in [6.07, 6.45) is 4.57. The van der Waals surface area contributed by atoms with Crippen LogP contribution >= 0.6 is 0 Å². The van der Waals surface area contributed by atoms with Crippen LogP contribution in [-0.2, 0) is 14.3 Å². The molecule has 0 aliphatic heterocycles. The molecular formula is C20H30O4. The van der Waals surface area contributed by atoms with Crippen LogP contribution in [0.3, 0.4) is 0 Å². The van der Waals surface area contributed by atoms with E-state index in [0.29, 0.717) is 24.8 Å². The van der Waals surface area contributed by atoms with E-state index in [0.717, 1.165) is 5.57 Å². The smallest absolute Gasteiger partial charge is 0.333 e. The highest BCUT2D eigenvalue weighted by Crippen LogP contribution is 2.56. The van der Waals surface area contributed by atoms with Gasteiger partial charge in [0.15, 0.2) is 5.78 Å². The van der Waals surface area contributed by atoms with Crippen molar-refractivity contribution >= 4 is 11.8 Å². The molecule has 0 unspecified atom stereocenters. The minimum Gasteiger partial charge on any atom is -0.458 e. The molecular weight excluding hydrogens is 304 g/mol. The first kappa shape index (κ1) is 18.9. The summed E-state index contributed by atoms with van der Waals surface area (Å²) in [6, 6.07) is 0. The number of carbonyl (C=O) groups is 2. The average Bonchev–Trinajstić information content (AvgIpc) is 2.74. The van der Waals surface area contributed by atoms with Gasteiger partial charge in [0.25, 0.3) is 0 Å². The summed E-state index contributed by atoms with van der Waals surface area (Å²) in [5, 5.41) is 11.4. The molecule has 0 spiro atoms. The number of fused-ring (bicyclic) bond motifs is 1. The van der Waals surface area contributed by atoms with Crippen molar-refractivity contribution in [3.05, 3.63) is 23.3 Å². The molecule has 0 radical (unpaired) electrons. The predicted molar refractivity (Wildman–Crippen MR) is 93.3 cm³/mol. The van der Waals surface area contributed by atoms with E-state index < -0.39 is 17.1 Å². The second-order valence-corrected chi connectivity index (χ2v) is 8.02. The third-order valence-electron chi connectivity index (χ3n) is 6.12. The number of hydrogen-bond acceptors (Lipinski definition) is 4. The highest BCUT2D eigenvalue weighted by molar-refractivity contribution is 5.96. The van der Waals surface area contributed by atoms with Gasteiger partial charge in [-0.05, 0) is 45.6 Å².